The van der Waals surface area contributed by atoms with Gasteiger partial charge < -0.3 is 15.7 Å². The van der Waals surface area contributed by atoms with E-state index in [4.69, 9.17) is 5.11 Å². The molecule has 0 aliphatic carbocycles. The molecule has 0 aromatic heterocycles. The van der Waals surface area contributed by atoms with Crippen LogP contribution in [0.25, 0.3) is 0 Å². The number of amides is 1. The lowest BCUT2D eigenvalue weighted by Crippen LogP contribution is -2.37. The van der Waals surface area contributed by atoms with Crippen molar-refractivity contribution in [3.8, 4) is 0 Å². The maximum atomic E-state index is 11.8. The number of aliphatic hydroxyl groups excluding tert-OH is 1. The highest BCUT2D eigenvalue weighted by molar-refractivity contribution is 5.90. The molecule has 1 amide bonds. The predicted octanol–water partition coefficient (Wildman–Crippen LogP) is 1.76. The van der Waals surface area contributed by atoms with Gasteiger partial charge in [-0.15, -0.1) is 0 Å². The Morgan fingerprint density at radius 3 is 2.50 bits per heavy atom. The molecule has 1 aromatic carbocycles. The van der Waals surface area contributed by atoms with Gasteiger partial charge in [-0.3, -0.25) is 4.79 Å². The van der Waals surface area contributed by atoms with E-state index in [9.17, 15) is 4.79 Å². The van der Waals surface area contributed by atoms with E-state index >= 15 is 0 Å². The quantitative estimate of drug-likeness (QED) is 0.691. The Kier molecular flexibility index (Phi) is 6.39. The van der Waals surface area contributed by atoms with Crippen LogP contribution in [0.15, 0.2) is 30.3 Å². The van der Waals surface area contributed by atoms with Gasteiger partial charge in [-0.25, -0.2) is 0 Å². The third-order valence-corrected chi connectivity index (χ3v) is 2.68. The second-order valence-corrected chi connectivity index (χ2v) is 4.60. The Hall–Kier alpha value is -1.39. The van der Waals surface area contributed by atoms with Crippen LogP contribution in [0, 0.1) is 0 Å². The first-order valence-electron chi connectivity index (χ1n) is 6.33. The van der Waals surface area contributed by atoms with E-state index in [1.54, 1.807) is 0 Å². The first-order valence-corrected chi connectivity index (χ1v) is 6.33. The van der Waals surface area contributed by atoms with Crippen molar-refractivity contribution in [2.75, 3.05) is 11.9 Å². The smallest absolute Gasteiger partial charge is 0.225 e. The average molecular weight is 250 g/mol. The van der Waals surface area contributed by atoms with E-state index in [-0.39, 0.29) is 24.6 Å². The SMILES string of the molecule is CC(CCO)NC(C)CC(=O)Nc1ccccc1. The molecule has 2 unspecified atom stereocenters. The molecule has 0 saturated heterocycles. The minimum atomic E-state index is -0.00241. The van der Waals surface area contributed by atoms with Crippen molar-refractivity contribution in [1.82, 2.24) is 5.32 Å². The van der Waals surface area contributed by atoms with Crippen molar-refractivity contribution < 1.29 is 9.90 Å². The molecule has 0 aliphatic rings. The second-order valence-electron chi connectivity index (χ2n) is 4.60. The van der Waals surface area contributed by atoms with Gasteiger partial charge in [0, 0.05) is 30.8 Å². The number of rotatable bonds is 7. The Morgan fingerprint density at radius 1 is 1.22 bits per heavy atom. The fourth-order valence-corrected chi connectivity index (χ4v) is 1.83. The fraction of sp³-hybridized carbons (Fsp3) is 0.500. The zero-order valence-corrected chi connectivity index (χ0v) is 11.0. The maximum Gasteiger partial charge on any atom is 0.225 e. The zero-order valence-electron chi connectivity index (χ0n) is 11.0. The number of carbonyl (C=O) groups is 1. The fourth-order valence-electron chi connectivity index (χ4n) is 1.83. The Balaban J connectivity index is 2.31. The van der Waals surface area contributed by atoms with Gasteiger partial charge in [-0.1, -0.05) is 18.2 Å². The average Bonchev–Trinajstić information content (AvgIpc) is 2.29. The number of para-hydroxylation sites is 1. The highest BCUT2D eigenvalue weighted by Gasteiger charge is 2.11. The Bertz CT molecular complexity index is 354. The maximum absolute atomic E-state index is 11.8. The molecular formula is C14H22N2O2. The molecule has 0 saturated carbocycles. The Morgan fingerprint density at radius 2 is 1.89 bits per heavy atom. The first-order chi connectivity index (χ1) is 8.61. The molecule has 3 N–H and O–H groups in total. The predicted molar refractivity (Wildman–Crippen MR) is 73.5 cm³/mol. The summed E-state index contributed by atoms with van der Waals surface area (Å²) in [5.41, 5.74) is 0.818. The number of carbonyl (C=O) groups excluding carboxylic acids is 1. The van der Waals surface area contributed by atoms with Crippen LogP contribution in [0.5, 0.6) is 0 Å². The molecule has 0 fully saturated rings. The van der Waals surface area contributed by atoms with Gasteiger partial charge in [0.15, 0.2) is 0 Å². The van der Waals surface area contributed by atoms with E-state index in [1.165, 1.54) is 0 Å². The lowest BCUT2D eigenvalue weighted by Gasteiger charge is -2.19. The molecule has 1 rings (SSSR count). The van der Waals surface area contributed by atoms with Gasteiger partial charge in [-0.05, 0) is 32.4 Å². The summed E-state index contributed by atoms with van der Waals surface area (Å²) in [4.78, 5) is 11.8. The first kappa shape index (κ1) is 14.7. The highest BCUT2D eigenvalue weighted by Crippen LogP contribution is 2.06. The van der Waals surface area contributed by atoms with Crippen molar-refractivity contribution in [3.05, 3.63) is 30.3 Å². The summed E-state index contributed by atoms with van der Waals surface area (Å²) < 4.78 is 0. The number of hydrogen-bond donors (Lipinski definition) is 3. The summed E-state index contributed by atoms with van der Waals surface area (Å²) in [5, 5.41) is 14.9. The lowest BCUT2D eigenvalue weighted by atomic mass is 10.1. The van der Waals surface area contributed by atoms with Gasteiger partial charge >= 0.3 is 0 Å². The van der Waals surface area contributed by atoms with Gasteiger partial charge in [-0.2, -0.15) is 0 Å². The third-order valence-electron chi connectivity index (χ3n) is 2.68. The van der Waals surface area contributed by atoms with Crippen LogP contribution in [-0.4, -0.2) is 29.7 Å². The van der Waals surface area contributed by atoms with E-state index in [0.717, 1.165) is 5.69 Å². The molecule has 18 heavy (non-hydrogen) atoms. The largest absolute Gasteiger partial charge is 0.396 e. The summed E-state index contributed by atoms with van der Waals surface area (Å²) in [6.45, 7) is 4.14. The van der Waals surface area contributed by atoms with Crippen LogP contribution in [-0.2, 0) is 4.79 Å². The molecule has 4 nitrogen and oxygen atoms in total. The highest BCUT2D eigenvalue weighted by atomic mass is 16.3. The van der Waals surface area contributed by atoms with Crippen molar-refractivity contribution >= 4 is 11.6 Å². The zero-order chi connectivity index (χ0) is 13.4. The minimum Gasteiger partial charge on any atom is -0.396 e. The van der Waals surface area contributed by atoms with Crippen molar-refractivity contribution in [3.63, 3.8) is 0 Å². The van der Waals surface area contributed by atoms with E-state index in [0.29, 0.717) is 12.8 Å². The molecule has 0 spiro atoms. The molecule has 4 heteroatoms. The van der Waals surface area contributed by atoms with Crippen LogP contribution < -0.4 is 10.6 Å². The van der Waals surface area contributed by atoms with Crippen LogP contribution in [0.2, 0.25) is 0 Å². The molecule has 1 aromatic rings. The van der Waals surface area contributed by atoms with Gasteiger partial charge in [0.1, 0.15) is 0 Å². The van der Waals surface area contributed by atoms with Crippen LogP contribution in [0.3, 0.4) is 0 Å². The summed E-state index contributed by atoms with van der Waals surface area (Å²) in [7, 11) is 0. The molecular weight excluding hydrogens is 228 g/mol. The third kappa shape index (κ3) is 5.80. The van der Waals surface area contributed by atoms with Gasteiger partial charge in [0.25, 0.3) is 0 Å². The number of benzene rings is 1. The van der Waals surface area contributed by atoms with E-state index < -0.39 is 0 Å². The van der Waals surface area contributed by atoms with E-state index in [2.05, 4.69) is 10.6 Å². The van der Waals surface area contributed by atoms with E-state index in [1.807, 2.05) is 44.2 Å². The number of aliphatic hydroxyl groups is 1. The molecule has 0 bridgehead atoms. The minimum absolute atomic E-state index is 0.00241. The topological polar surface area (TPSA) is 61.4 Å². The van der Waals surface area contributed by atoms with Crippen molar-refractivity contribution in [2.45, 2.75) is 38.8 Å². The standard InChI is InChI=1S/C14H22N2O2/c1-11(8-9-17)15-12(2)10-14(18)16-13-6-4-3-5-7-13/h3-7,11-12,15,17H,8-10H2,1-2H3,(H,16,18). The second kappa shape index (κ2) is 7.84. The monoisotopic (exact) mass is 250 g/mol. The Labute approximate surface area is 108 Å². The molecule has 0 heterocycles. The van der Waals surface area contributed by atoms with Crippen LogP contribution in [0.1, 0.15) is 26.7 Å². The van der Waals surface area contributed by atoms with Crippen molar-refractivity contribution in [1.29, 1.82) is 0 Å². The van der Waals surface area contributed by atoms with Crippen LogP contribution in [0.4, 0.5) is 5.69 Å². The lowest BCUT2D eigenvalue weighted by molar-refractivity contribution is -0.116. The number of nitrogens with one attached hydrogen (secondary N) is 2. The summed E-state index contributed by atoms with van der Waals surface area (Å²) in [6, 6.07) is 9.73. The van der Waals surface area contributed by atoms with Crippen LogP contribution >= 0.6 is 0 Å². The summed E-state index contributed by atoms with van der Waals surface area (Å²) in [6.07, 6.45) is 1.12. The molecule has 100 valence electrons. The normalized spacial score (nSPS) is 13.9. The summed E-state index contributed by atoms with van der Waals surface area (Å²) in [5.74, 6) is -0.00241. The van der Waals surface area contributed by atoms with Gasteiger partial charge in [0.05, 0.1) is 0 Å². The van der Waals surface area contributed by atoms with Crippen molar-refractivity contribution in [2.24, 2.45) is 0 Å². The van der Waals surface area contributed by atoms with Gasteiger partial charge in [0.2, 0.25) is 5.91 Å². The number of hydrogen-bond acceptors (Lipinski definition) is 3. The molecule has 0 radical (unpaired) electrons. The molecule has 0 aliphatic heterocycles. The molecule has 2 atom stereocenters. The summed E-state index contributed by atoms with van der Waals surface area (Å²) >= 11 is 0. The number of anilines is 1.